The summed E-state index contributed by atoms with van der Waals surface area (Å²) < 4.78 is 12.3. The highest BCUT2D eigenvalue weighted by molar-refractivity contribution is 5.83. The van der Waals surface area contributed by atoms with Gasteiger partial charge in [0, 0.05) is 17.6 Å². The molecule has 1 aliphatic rings. The summed E-state index contributed by atoms with van der Waals surface area (Å²) in [5.74, 6) is 4.86. The number of aldehydes is 2. The highest BCUT2D eigenvalue weighted by atomic mass is 19.1. The topological polar surface area (TPSA) is 113 Å². The lowest BCUT2D eigenvalue weighted by molar-refractivity contribution is -0.109. The fourth-order valence-electron chi connectivity index (χ4n) is 3.89. The second kappa shape index (κ2) is 18.5. The van der Waals surface area contributed by atoms with E-state index in [1.54, 1.807) is 0 Å². The molecule has 0 radical (unpaired) electrons. The van der Waals surface area contributed by atoms with Crippen LogP contribution in [0.2, 0.25) is 0 Å². The van der Waals surface area contributed by atoms with E-state index in [1.165, 1.54) is 36.1 Å². The summed E-state index contributed by atoms with van der Waals surface area (Å²) >= 11 is 0. The predicted molar refractivity (Wildman–Crippen MR) is 163 cm³/mol. The Kier molecular flexibility index (Phi) is 14.8. The Hall–Kier alpha value is -4.78. The SMILES string of the molecule is CC=O.CNC1(c2ccc3ccccc3c2)CC1.CNCc1ccccc1C=O.O=CNCC#Cc1ncc(F)cn1. The summed E-state index contributed by atoms with van der Waals surface area (Å²) in [6.45, 7) is 2.42. The van der Waals surface area contributed by atoms with Crippen molar-refractivity contribution in [1.82, 2.24) is 25.9 Å². The van der Waals surface area contributed by atoms with Crippen LogP contribution in [0.1, 0.15) is 47.1 Å². The second-order valence-electron chi connectivity index (χ2n) is 9.00. The number of carbonyl (C=O) groups is 3. The monoisotopic (exact) mass is 569 g/mol. The number of hydrogen-bond donors (Lipinski definition) is 3. The molecule has 0 saturated heterocycles. The normalized spacial score (nSPS) is 11.8. The van der Waals surface area contributed by atoms with Crippen molar-refractivity contribution in [3.05, 3.63) is 107 Å². The summed E-state index contributed by atoms with van der Waals surface area (Å²) in [6, 6.07) is 22.9. The molecular weight excluding hydrogens is 533 g/mol. The lowest BCUT2D eigenvalue weighted by atomic mass is 10.0. The zero-order valence-electron chi connectivity index (χ0n) is 24.1. The first kappa shape index (κ1) is 33.4. The first-order valence-electron chi connectivity index (χ1n) is 13.4. The summed E-state index contributed by atoms with van der Waals surface area (Å²) in [4.78, 5) is 36.3. The Morgan fingerprint density at radius 1 is 0.929 bits per heavy atom. The molecule has 0 atom stereocenters. The Labute approximate surface area is 246 Å². The van der Waals surface area contributed by atoms with Gasteiger partial charge in [-0.2, -0.15) is 0 Å². The van der Waals surface area contributed by atoms with Crippen LogP contribution in [0.5, 0.6) is 0 Å². The van der Waals surface area contributed by atoms with Gasteiger partial charge in [-0.3, -0.25) is 9.59 Å². The van der Waals surface area contributed by atoms with Gasteiger partial charge in [-0.1, -0.05) is 66.6 Å². The van der Waals surface area contributed by atoms with Gasteiger partial charge < -0.3 is 20.7 Å². The highest BCUT2D eigenvalue weighted by Crippen LogP contribution is 2.45. The molecule has 1 amide bonds. The number of carbonyl (C=O) groups excluding carboxylic acids is 3. The maximum atomic E-state index is 12.3. The fourth-order valence-corrected chi connectivity index (χ4v) is 3.89. The van der Waals surface area contributed by atoms with Crippen LogP contribution in [0.15, 0.2) is 79.1 Å². The van der Waals surface area contributed by atoms with E-state index >= 15 is 0 Å². The summed E-state index contributed by atoms with van der Waals surface area (Å²) in [7, 11) is 3.92. The third-order valence-electron chi connectivity index (χ3n) is 6.17. The van der Waals surface area contributed by atoms with Gasteiger partial charge in [0.05, 0.1) is 18.9 Å². The molecule has 3 N–H and O–H groups in total. The van der Waals surface area contributed by atoms with Gasteiger partial charge in [0.15, 0.2) is 5.82 Å². The minimum absolute atomic E-state index is 0.226. The number of amides is 1. The van der Waals surface area contributed by atoms with Crippen molar-refractivity contribution in [2.45, 2.75) is 31.8 Å². The number of nitrogens with zero attached hydrogens (tertiary/aromatic N) is 2. The molecule has 1 saturated carbocycles. The molecule has 4 aromatic rings. The summed E-state index contributed by atoms with van der Waals surface area (Å²) in [6.07, 6.45) is 6.77. The predicted octanol–water partition coefficient (Wildman–Crippen LogP) is 4.19. The molecule has 1 heterocycles. The average molecular weight is 570 g/mol. The Bertz CT molecular complexity index is 1480. The van der Waals surface area contributed by atoms with E-state index in [1.807, 2.05) is 31.3 Å². The average Bonchev–Trinajstić information content (AvgIpc) is 3.83. The summed E-state index contributed by atoms with van der Waals surface area (Å²) in [5.41, 5.74) is 3.53. The van der Waals surface area contributed by atoms with Crippen LogP contribution in [0.3, 0.4) is 0 Å². The van der Waals surface area contributed by atoms with E-state index < -0.39 is 5.82 Å². The van der Waals surface area contributed by atoms with E-state index in [2.05, 4.69) is 87.3 Å². The van der Waals surface area contributed by atoms with Crippen LogP contribution in [-0.4, -0.2) is 49.6 Å². The number of nitrogens with one attached hydrogen (secondary N) is 3. The highest BCUT2D eigenvalue weighted by Gasteiger charge is 2.42. The zero-order valence-corrected chi connectivity index (χ0v) is 24.1. The first-order valence-corrected chi connectivity index (χ1v) is 13.4. The molecular formula is C33H36FN5O3. The van der Waals surface area contributed by atoms with Crippen molar-refractivity contribution in [1.29, 1.82) is 0 Å². The number of benzene rings is 3. The zero-order chi connectivity index (χ0) is 30.6. The Balaban J connectivity index is 0.000000213. The van der Waals surface area contributed by atoms with Crippen molar-refractivity contribution in [2.24, 2.45) is 0 Å². The lowest BCUT2D eigenvalue weighted by Gasteiger charge is -2.15. The molecule has 5 rings (SSSR count). The number of hydrogen-bond acceptors (Lipinski definition) is 7. The van der Waals surface area contributed by atoms with Crippen molar-refractivity contribution >= 4 is 29.8 Å². The molecule has 1 aromatic heterocycles. The molecule has 218 valence electrons. The fraction of sp³-hybridized carbons (Fsp3) is 0.242. The van der Waals surface area contributed by atoms with Crippen LogP contribution in [0.25, 0.3) is 10.8 Å². The molecule has 0 spiro atoms. The summed E-state index contributed by atoms with van der Waals surface area (Å²) in [5, 5.41) is 11.5. The van der Waals surface area contributed by atoms with Crippen molar-refractivity contribution < 1.29 is 18.8 Å². The smallest absolute Gasteiger partial charge is 0.207 e. The van der Waals surface area contributed by atoms with E-state index in [0.717, 1.165) is 42.6 Å². The molecule has 9 heteroatoms. The van der Waals surface area contributed by atoms with E-state index in [9.17, 15) is 14.0 Å². The van der Waals surface area contributed by atoms with Gasteiger partial charge in [-0.05, 0) is 67.7 Å². The van der Waals surface area contributed by atoms with Gasteiger partial charge >= 0.3 is 0 Å². The Morgan fingerprint density at radius 3 is 2.17 bits per heavy atom. The molecule has 1 fully saturated rings. The minimum Gasteiger partial charge on any atom is -0.348 e. The quantitative estimate of drug-likeness (QED) is 0.174. The minimum atomic E-state index is -0.503. The molecule has 1 aliphatic carbocycles. The third-order valence-corrected chi connectivity index (χ3v) is 6.17. The van der Waals surface area contributed by atoms with Crippen LogP contribution < -0.4 is 16.0 Å². The number of fused-ring (bicyclic) bond motifs is 1. The van der Waals surface area contributed by atoms with Gasteiger partial charge in [0.25, 0.3) is 0 Å². The molecule has 0 unspecified atom stereocenters. The molecule has 42 heavy (non-hydrogen) atoms. The van der Waals surface area contributed by atoms with Crippen molar-refractivity contribution in [2.75, 3.05) is 20.6 Å². The van der Waals surface area contributed by atoms with Crippen LogP contribution >= 0.6 is 0 Å². The Morgan fingerprint density at radius 2 is 1.57 bits per heavy atom. The molecule has 3 aromatic carbocycles. The van der Waals surface area contributed by atoms with E-state index in [4.69, 9.17) is 4.79 Å². The number of aromatic nitrogens is 2. The molecule has 0 bridgehead atoms. The number of rotatable bonds is 7. The van der Waals surface area contributed by atoms with Crippen LogP contribution in [-0.2, 0) is 21.7 Å². The second-order valence-corrected chi connectivity index (χ2v) is 9.00. The maximum absolute atomic E-state index is 12.3. The van der Waals surface area contributed by atoms with Gasteiger partial charge in [-0.25, -0.2) is 14.4 Å². The van der Waals surface area contributed by atoms with Gasteiger partial charge in [-0.15, -0.1) is 0 Å². The third kappa shape index (κ3) is 11.0. The van der Waals surface area contributed by atoms with Gasteiger partial charge in [0.2, 0.25) is 12.2 Å². The number of halogens is 1. The van der Waals surface area contributed by atoms with Gasteiger partial charge in [0.1, 0.15) is 12.6 Å². The lowest BCUT2D eigenvalue weighted by Crippen LogP contribution is -2.24. The van der Waals surface area contributed by atoms with Crippen LogP contribution in [0, 0.1) is 17.7 Å². The van der Waals surface area contributed by atoms with Crippen molar-refractivity contribution in [3.63, 3.8) is 0 Å². The standard InChI is InChI=1S/C14H15N.C9H11NO.C8H6FN3O.C2H4O/c1-15-14(8-9-14)13-7-6-11-4-2-3-5-12(11)10-13;1-10-6-8-4-2-3-5-9(8)7-11;9-7-4-11-8(12-5-7)2-1-3-10-6-13;1-2-3/h2-7,10,15H,8-9H2,1H3;2-5,7,10H,6H2,1H3;4-6H,3H2,(H,10,13);2H,1H3. The molecule has 8 nitrogen and oxygen atoms in total. The largest absolute Gasteiger partial charge is 0.348 e. The first-order chi connectivity index (χ1) is 20.5. The molecule has 0 aliphatic heterocycles. The van der Waals surface area contributed by atoms with E-state index in [-0.39, 0.29) is 17.9 Å². The van der Waals surface area contributed by atoms with Crippen molar-refractivity contribution in [3.8, 4) is 11.8 Å². The van der Waals surface area contributed by atoms with Crippen LogP contribution in [0.4, 0.5) is 4.39 Å². The maximum Gasteiger partial charge on any atom is 0.207 e. The van der Waals surface area contributed by atoms with E-state index in [0.29, 0.717) is 6.41 Å².